The second-order valence-electron chi connectivity index (χ2n) is 7.12. The molecule has 0 radical (unpaired) electrons. The van der Waals surface area contributed by atoms with Gasteiger partial charge in [0.15, 0.2) is 0 Å². The van der Waals surface area contributed by atoms with Crippen molar-refractivity contribution in [1.82, 2.24) is 4.90 Å². The largest absolute Gasteiger partial charge is 0.444 e. The van der Waals surface area contributed by atoms with Gasteiger partial charge in [0.25, 0.3) is 0 Å². The number of aliphatic hydroxyl groups is 1. The summed E-state index contributed by atoms with van der Waals surface area (Å²) in [4.78, 5) is 13.7. The molecule has 2 fully saturated rings. The van der Waals surface area contributed by atoms with Crippen LogP contribution in [0.4, 0.5) is 4.79 Å². The summed E-state index contributed by atoms with van der Waals surface area (Å²) in [5.74, 6) is 0.347. The molecule has 18 heavy (non-hydrogen) atoms. The van der Waals surface area contributed by atoms with Gasteiger partial charge in [-0.15, -0.1) is 0 Å². The molecular weight excluding hydrogens is 230 g/mol. The minimum Gasteiger partial charge on any atom is -0.444 e. The Morgan fingerprint density at radius 2 is 2.00 bits per heavy atom. The van der Waals surface area contributed by atoms with Crippen LogP contribution in [0.2, 0.25) is 0 Å². The number of nitrogens with zero attached hydrogens (tertiary/aromatic N) is 1. The van der Waals surface area contributed by atoms with Gasteiger partial charge in [-0.3, -0.25) is 0 Å². The van der Waals surface area contributed by atoms with Crippen molar-refractivity contribution in [3.8, 4) is 0 Å². The Kier molecular flexibility index (Phi) is 3.34. The monoisotopic (exact) mass is 255 g/mol. The van der Waals surface area contributed by atoms with E-state index in [0.29, 0.717) is 5.92 Å². The van der Waals surface area contributed by atoms with E-state index in [2.05, 4.69) is 6.92 Å². The van der Waals surface area contributed by atoms with Crippen LogP contribution < -0.4 is 0 Å². The second kappa shape index (κ2) is 4.41. The number of hydrogen-bond donors (Lipinski definition) is 1. The summed E-state index contributed by atoms with van der Waals surface area (Å²) in [6.45, 7) is 9.35. The van der Waals surface area contributed by atoms with Gasteiger partial charge in [-0.25, -0.2) is 4.79 Å². The summed E-state index contributed by atoms with van der Waals surface area (Å²) in [6, 6.07) is 0. The third-order valence-electron chi connectivity index (χ3n) is 4.09. The summed E-state index contributed by atoms with van der Waals surface area (Å²) in [7, 11) is 0. The lowest BCUT2D eigenvalue weighted by Gasteiger charge is -2.54. The van der Waals surface area contributed by atoms with Crippen LogP contribution in [-0.4, -0.2) is 40.9 Å². The molecule has 2 rings (SSSR count). The first-order chi connectivity index (χ1) is 8.21. The number of ether oxygens (including phenoxy) is 1. The van der Waals surface area contributed by atoms with Crippen molar-refractivity contribution in [2.24, 2.45) is 11.3 Å². The van der Waals surface area contributed by atoms with Crippen molar-refractivity contribution < 1.29 is 14.6 Å². The normalized spacial score (nSPS) is 31.1. The zero-order chi connectivity index (χ0) is 13.6. The van der Waals surface area contributed by atoms with Crippen LogP contribution in [0.15, 0.2) is 0 Å². The molecule has 2 unspecified atom stereocenters. The number of likely N-dealkylation sites (tertiary alicyclic amines) is 1. The fourth-order valence-electron chi connectivity index (χ4n) is 3.17. The smallest absolute Gasteiger partial charge is 0.410 e. The van der Waals surface area contributed by atoms with Crippen LogP contribution in [-0.2, 0) is 4.74 Å². The number of carbonyl (C=O) groups is 1. The van der Waals surface area contributed by atoms with Crippen LogP contribution >= 0.6 is 0 Å². The van der Waals surface area contributed by atoms with E-state index in [0.717, 1.165) is 32.4 Å². The number of carbonyl (C=O) groups excluding carboxylic acids is 1. The zero-order valence-electron chi connectivity index (χ0n) is 11.9. The highest BCUT2D eigenvalue weighted by atomic mass is 16.6. The van der Waals surface area contributed by atoms with Gasteiger partial charge in [-0.05, 0) is 46.0 Å². The molecule has 0 aromatic carbocycles. The zero-order valence-corrected chi connectivity index (χ0v) is 11.9. The van der Waals surface area contributed by atoms with Gasteiger partial charge in [0.1, 0.15) is 5.60 Å². The highest BCUT2D eigenvalue weighted by Crippen LogP contribution is 2.46. The van der Waals surface area contributed by atoms with Crippen LogP contribution in [0.3, 0.4) is 0 Å². The van der Waals surface area contributed by atoms with Gasteiger partial charge in [0.05, 0.1) is 6.10 Å². The molecular formula is C14H25NO3. The van der Waals surface area contributed by atoms with Crippen LogP contribution in [0.5, 0.6) is 0 Å². The standard InChI is InChI=1S/C14H25NO3/c1-10-7-14(6-5-11(10)16)8-15(9-14)12(17)18-13(2,3)4/h10-11,16H,5-9H2,1-4H3. The predicted molar refractivity (Wildman–Crippen MR) is 69.3 cm³/mol. The summed E-state index contributed by atoms with van der Waals surface area (Å²) in [6.07, 6.45) is 2.55. The maximum Gasteiger partial charge on any atom is 0.410 e. The van der Waals surface area contributed by atoms with Crippen molar-refractivity contribution in [2.45, 2.75) is 58.7 Å². The van der Waals surface area contributed by atoms with Gasteiger partial charge < -0.3 is 14.7 Å². The summed E-state index contributed by atoms with van der Waals surface area (Å²) >= 11 is 0. The van der Waals surface area contributed by atoms with E-state index < -0.39 is 5.60 Å². The van der Waals surface area contributed by atoms with Crippen LogP contribution in [0.25, 0.3) is 0 Å². The minimum absolute atomic E-state index is 0.161. The van der Waals surface area contributed by atoms with E-state index in [9.17, 15) is 9.90 Å². The lowest BCUT2D eigenvalue weighted by atomic mass is 9.64. The fourth-order valence-corrected chi connectivity index (χ4v) is 3.17. The quantitative estimate of drug-likeness (QED) is 0.723. The van der Waals surface area contributed by atoms with Gasteiger partial charge in [-0.2, -0.15) is 0 Å². The summed E-state index contributed by atoms with van der Waals surface area (Å²) in [5, 5.41) is 9.75. The summed E-state index contributed by atoms with van der Waals surface area (Å²) in [5.41, 5.74) is -0.175. The SMILES string of the molecule is CC1CC2(CCC1O)CN(C(=O)OC(C)(C)C)C2. The molecule has 1 heterocycles. The molecule has 2 atom stereocenters. The Labute approximate surface area is 109 Å². The fraction of sp³-hybridized carbons (Fsp3) is 0.929. The lowest BCUT2D eigenvalue weighted by molar-refractivity contribution is -0.0800. The Balaban J connectivity index is 1.85. The lowest BCUT2D eigenvalue weighted by Crippen LogP contribution is -2.61. The molecule has 1 amide bonds. The van der Waals surface area contributed by atoms with Gasteiger partial charge in [0.2, 0.25) is 0 Å². The van der Waals surface area contributed by atoms with E-state index in [4.69, 9.17) is 4.74 Å². The van der Waals surface area contributed by atoms with Crippen molar-refractivity contribution >= 4 is 6.09 Å². The first-order valence-electron chi connectivity index (χ1n) is 6.87. The molecule has 4 nitrogen and oxygen atoms in total. The van der Waals surface area contributed by atoms with E-state index in [1.807, 2.05) is 20.8 Å². The third-order valence-corrected chi connectivity index (χ3v) is 4.09. The van der Waals surface area contributed by atoms with Gasteiger partial charge >= 0.3 is 6.09 Å². The average molecular weight is 255 g/mol. The van der Waals surface area contributed by atoms with Crippen molar-refractivity contribution in [3.63, 3.8) is 0 Å². The number of amides is 1. The number of rotatable bonds is 0. The second-order valence-corrected chi connectivity index (χ2v) is 7.12. The Morgan fingerprint density at radius 1 is 1.39 bits per heavy atom. The molecule has 1 N–H and O–H groups in total. The Hall–Kier alpha value is -0.770. The van der Waals surface area contributed by atoms with Crippen molar-refractivity contribution in [3.05, 3.63) is 0 Å². The summed E-state index contributed by atoms with van der Waals surface area (Å²) < 4.78 is 5.36. The molecule has 4 heteroatoms. The number of hydrogen-bond acceptors (Lipinski definition) is 3. The van der Waals surface area contributed by atoms with E-state index >= 15 is 0 Å². The minimum atomic E-state index is -0.421. The third kappa shape index (κ3) is 2.79. The van der Waals surface area contributed by atoms with Crippen molar-refractivity contribution in [1.29, 1.82) is 0 Å². The first kappa shape index (κ1) is 13.7. The molecule has 0 aromatic heterocycles. The molecule has 0 aromatic rings. The molecule has 1 aliphatic carbocycles. The van der Waals surface area contributed by atoms with Crippen molar-refractivity contribution in [2.75, 3.05) is 13.1 Å². The molecule has 1 aliphatic heterocycles. The molecule has 1 spiro atoms. The van der Waals surface area contributed by atoms with Gasteiger partial charge in [-0.1, -0.05) is 6.92 Å². The first-order valence-corrected chi connectivity index (χ1v) is 6.87. The maximum atomic E-state index is 11.9. The predicted octanol–water partition coefficient (Wildman–Crippen LogP) is 2.40. The topological polar surface area (TPSA) is 49.8 Å². The highest BCUT2D eigenvalue weighted by Gasteiger charge is 2.49. The van der Waals surface area contributed by atoms with E-state index in [1.54, 1.807) is 4.90 Å². The molecule has 1 saturated carbocycles. The molecule has 2 aliphatic rings. The molecule has 104 valence electrons. The Morgan fingerprint density at radius 3 is 2.50 bits per heavy atom. The van der Waals surface area contributed by atoms with Crippen LogP contribution in [0, 0.1) is 11.3 Å². The highest BCUT2D eigenvalue weighted by molar-refractivity contribution is 5.69. The maximum absolute atomic E-state index is 11.9. The average Bonchev–Trinajstić information content (AvgIpc) is 2.16. The van der Waals surface area contributed by atoms with Gasteiger partial charge in [0, 0.05) is 18.5 Å². The number of aliphatic hydroxyl groups excluding tert-OH is 1. The molecule has 0 bridgehead atoms. The Bertz CT molecular complexity index is 328. The molecule has 1 saturated heterocycles. The van der Waals surface area contributed by atoms with Crippen LogP contribution in [0.1, 0.15) is 47.0 Å². The van der Waals surface area contributed by atoms with E-state index in [-0.39, 0.29) is 17.6 Å². The van der Waals surface area contributed by atoms with E-state index in [1.165, 1.54) is 0 Å².